The van der Waals surface area contributed by atoms with Gasteiger partial charge in [-0.2, -0.15) is 0 Å². The van der Waals surface area contributed by atoms with E-state index in [-0.39, 0.29) is 22.4 Å². The first-order valence-electron chi connectivity index (χ1n) is 5.89. The Balaban J connectivity index is 2.66. The van der Waals surface area contributed by atoms with Crippen LogP contribution in [0.3, 0.4) is 0 Å². The molecule has 0 aliphatic carbocycles. The summed E-state index contributed by atoms with van der Waals surface area (Å²) >= 11 is 0. The summed E-state index contributed by atoms with van der Waals surface area (Å²) in [5.41, 5.74) is -0.106. The Hall–Kier alpha value is -2.17. The summed E-state index contributed by atoms with van der Waals surface area (Å²) < 4.78 is 13.8. The van der Waals surface area contributed by atoms with Crippen molar-refractivity contribution in [3.05, 3.63) is 41.6 Å². The van der Waals surface area contributed by atoms with Crippen LogP contribution >= 0.6 is 0 Å². The molecule has 0 fully saturated rings. The smallest absolute Gasteiger partial charge is 0.354 e. The van der Waals surface area contributed by atoms with Crippen molar-refractivity contribution in [2.24, 2.45) is 0 Å². The molecule has 0 atom stereocenters. The van der Waals surface area contributed by atoms with Crippen LogP contribution in [0.5, 0.6) is 0 Å². The third-order valence-electron chi connectivity index (χ3n) is 2.76. The van der Waals surface area contributed by atoms with Crippen LogP contribution < -0.4 is 0 Å². The summed E-state index contributed by atoms with van der Waals surface area (Å²) in [6, 6.07) is 6.00. The zero-order valence-corrected chi connectivity index (χ0v) is 11.0. The molecule has 2 rings (SSSR count). The molecule has 4 nitrogen and oxygen atoms in total. The lowest BCUT2D eigenvalue weighted by atomic mass is 9.96. The third-order valence-corrected chi connectivity index (χ3v) is 2.76. The van der Waals surface area contributed by atoms with Gasteiger partial charge in [0.05, 0.1) is 0 Å². The largest absolute Gasteiger partial charge is 0.477 e. The fourth-order valence-electron chi connectivity index (χ4n) is 1.73. The Morgan fingerprint density at radius 2 is 1.95 bits per heavy atom. The molecule has 1 aromatic heterocycles. The van der Waals surface area contributed by atoms with E-state index in [0.29, 0.717) is 5.82 Å². The molecular weight excluding hydrogens is 247 g/mol. The molecule has 0 amide bonds. The number of nitrogens with one attached hydrogen (secondary N) is 1. The first kappa shape index (κ1) is 13.3. The van der Waals surface area contributed by atoms with Crippen LogP contribution in [0.25, 0.3) is 11.3 Å². The highest BCUT2D eigenvalue weighted by Gasteiger charge is 2.25. The van der Waals surface area contributed by atoms with Crippen LogP contribution in [0.4, 0.5) is 4.39 Å². The highest BCUT2D eigenvalue weighted by Crippen LogP contribution is 2.28. The van der Waals surface area contributed by atoms with E-state index in [1.54, 1.807) is 12.1 Å². The van der Waals surface area contributed by atoms with E-state index in [2.05, 4.69) is 9.97 Å². The monoisotopic (exact) mass is 262 g/mol. The molecule has 2 N–H and O–H groups in total. The van der Waals surface area contributed by atoms with Crippen molar-refractivity contribution in [1.29, 1.82) is 0 Å². The van der Waals surface area contributed by atoms with Crippen LogP contribution in [0, 0.1) is 5.82 Å². The van der Waals surface area contributed by atoms with E-state index in [1.165, 1.54) is 12.1 Å². The fraction of sp³-hybridized carbons (Fsp3) is 0.286. The number of carboxylic acids is 1. The van der Waals surface area contributed by atoms with Gasteiger partial charge in [-0.05, 0) is 12.1 Å². The van der Waals surface area contributed by atoms with Crippen molar-refractivity contribution in [3.63, 3.8) is 0 Å². The van der Waals surface area contributed by atoms with Crippen molar-refractivity contribution >= 4 is 5.97 Å². The highest BCUT2D eigenvalue weighted by molar-refractivity contribution is 5.93. The molecule has 2 aromatic rings. The molecule has 0 aliphatic rings. The quantitative estimate of drug-likeness (QED) is 0.873. The molecule has 5 heteroatoms. The molecule has 0 unspecified atom stereocenters. The molecule has 100 valence electrons. The van der Waals surface area contributed by atoms with Crippen LogP contribution in [0.1, 0.15) is 37.1 Å². The first-order valence-corrected chi connectivity index (χ1v) is 5.89. The minimum Gasteiger partial charge on any atom is -0.477 e. The average Bonchev–Trinajstić information content (AvgIpc) is 2.74. The number of imidazole rings is 1. The van der Waals surface area contributed by atoms with Gasteiger partial charge in [0.1, 0.15) is 17.3 Å². The molecule has 0 radical (unpaired) electrons. The Bertz CT molecular complexity index is 627. The van der Waals surface area contributed by atoms with Crippen LogP contribution in [0.2, 0.25) is 0 Å². The number of hydrogen-bond donors (Lipinski definition) is 2. The molecular formula is C14H15FN2O2. The highest BCUT2D eigenvalue weighted by atomic mass is 19.1. The lowest BCUT2D eigenvalue weighted by Gasteiger charge is -2.13. The minimum atomic E-state index is -1.15. The molecule has 19 heavy (non-hydrogen) atoms. The topological polar surface area (TPSA) is 66.0 Å². The lowest BCUT2D eigenvalue weighted by Crippen LogP contribution is -2.13. The zero-order chi connectivity index (χ0) is 14.2. The number of nitrogens with zero attached hydrogens (tertiary/aromatic N) is 1. The van der Waals surface area contributed by atoms with Gasteiger partial charge in [-0.1, -0.05) is 32.9 Å². The zero-order valence-electron chi connectivity index (χ0n) is 11.0. The number of H-pyrrole nitrogens is 1. The maximum atomic E-state index is 13.8. The SMILES string of the molecule is CC(C)(C)c1nc(-c2ccccc2F)c(C(=O)O)[nH]1. The van der Waals surface area contributed by atoms with E-state index in [1.807, 2.05) is 20.8 Å². The second-order valence-electron chi connectivity index (χ2n) is 5.34. The summed E-state index contributed by atoms with van der Waals surface area (Å²) in [7, 11) is 0. The van der Waals surface area contributed by atoms with Crippen molar-refractivity contribution in [2.75, 3.05) is 0 Å². The minimum absolute atomic E-state index is 0.0879. The van der Waals surface area contributed by atoms with Crippen molar-refractivity contribution in [2.45, 2.75) is 26.2 Å². The molecule has 0 aliphatic heterocycles. The van der Waals surface area contributed by atoms with E-state index < -0.39 is 11.8 Å². The number of rotatable bonds is 2. The van der Waals surface area contributed by atoms with Gasteiger partial charge >= 0.3 is 5.97 Å². The molecule has 0 spiro atoms. The summed E-state index contributed by atoms with van der Waals surface area (Å²) in [6.45, 7) is 5.72. The molecule has 0 saturated carbocycles. The van der Waals surface area contributed by atoms with Crippen molar-refractivity contribution in [3.8, 4) is 11.3 Å². The van der Waals surface area contributed by atoms with Crippen molar-refractivity contribution < 1.29 is 14.3 Å². The van der Waals surface area contributed by atoms with Gasteiger partial charge in [0.2, 0.25) is 0 Å². The van der Waals surface area contributed by atoms with E-state index in [4.69, 9.17) is 0 Å². The maximum Gasteiger partial charge on any atom is 0.354 e. The number of halogens is 1. The van der Waals surface area contributed by atoms with Gasteiger partial charge in [0.15, 0.2) is 5.69 Å². The van der Waals surface area contributed by atoms with Gasteiger partial charge in [0, 0.05) is 11.0 Å². The number of aromatic amines is 1. The number of aromatic carboxylic acids is 1. The number of carbonyl (C=O) groups is 1. The molecule has 1 heterocycles. The van der Waals surface area contributed by atoms with Gasteiger partial charge < -0.3 is 10.1 Å². The van der Waals surface area contributed by atoms with Gasteiger partial charge in [-0.25, -0.2) is 14.2 Å². The summed E-state index contributed by atoms with van der Waals surface area (Å²) in [4.78, 5) is 18.3. The van der Waals surface area contributed by atoms with Crippen LogP contribution in [-0.4, -0.2) is 21.0 Å². The lowest BCUT2D eigenvalue weighted by molar-refractivity contribution is 0.0692. The Kier molecular flexibility index (Phi) is 3.14. The fourth-order valence-corrected chi connectivity index (χ4v) is 1.73. The third kappa shape index (κ3) is 2.50. The average molecular weight is 262 g/mol. The number of benzene rings is 1. The summed E-state index contributed by atoms with van der Waals surface area (Å²) in [6.07, 6.45) is 0. The predicted molar refractivity (Wildman–Crippen MR) is 69.6 cm³/mol. The van der Waals surface area contributed by atoms with Gasteiger partial charge in [-0.3, -0.25) is 0 Å². The van der Waals surface area contributed by atoms with Gasteiger partial charge in [0.25, 0.3) is 0 Å². The van der Waals surface area contributed by atoms with Crippen LogP contribution in [0.15, 0.2) is 24.3 Å². The van der Waals surface area contributed by atoms with Gasteiger partial charge in [-0.15, -0.1) is 0 Å². The standard InChI is InChI=1S/C14H15FN2O2/c1-14(2,3)13-16-10(11(17-13)12(18)19)8-6-4-5-7-9(8)15/h4-7H,1-3H3,(H,16,17)(H,18,19). The van der Waals surface area contributed by atoms with E-state index in [0.717, 1.165) is 0 Å². The van der Waals surface area contributed by atoms with E-state index in [9.17, 15) is 14.3 Å². The number of aromatic nitrogens is 2. The molecule has 1 aromatic carbocycles. The van der Waals surface area contributed by atoms with Crippen molar-refractivity contribution in [1.82, 2.24) is 9.97 Å². The Labute approximate surface area is 110 Å². The summed E-state index contributed by atoms with van der Waals surface area (Å²) in [5.74, 6) is -1.12. The van der Waals surface area contributed by atoms with E-state index >= 15 is 0 Å². The molecule has 0 bridgehead atoms. The first-order chi connectivity index (χ1) is 8.80. The second-order valence-corrected chi connectivity index (χ2v) is 5.34. The Morgan fingerprint density at radius 1 is 1.32 bits per heavy atom. The Morgan fingerprint density at radius 3 is 2.47 bits per heavy atom. The van der Waals surface area contributed by atoms with Crippen LogP contribution in [-0.2, 0) is 5.41 Å². The second kappa shape index (κ2) is 4.50. The normalized spacial score (nSPS) is 11.6. The summed E-state index contributed by atoms with van der Waals surface area (Å²) in [5, 5.41) is 9.20. The number of carboxylic acid groups (broad SMARTS) is 1. The predicted octanol–water partition coefficient (Wildman–Crippen LogP) is 3.21. The number of hydrogen-bond acceptors (Lipinski definition) is 2. The maximum absolute atomic E-state index is 13.8. The molecule has 0 saturated heterocycles.